The molecule has 0 unspecified atom stereocenters. The molecule has 0 saturated carbocycles. The average molecular weight is 333 g/mol. The molecule has 2 aliphatic heterocycles. The molecule has 1 N–H and O–H groups in total. The van der Waals surface area contributed by atoms with E-state index in [0.29, 0.717) is 18.3 Å². The first-order valence-electron chi connectivity index (χ1n) is 7.93. The van der Waals surface area contributed by atoms with Crippen LogP contribution in [0, 0.1) is 0 Å². The Labute approximate surface area is 138 Å². The Balaban J connectivity index is 1.39. The molecule has 0 radical (unpaired) electrons. The van der Waals surface area contributed by atoms with E-state index in [1.165, 1.54) is 0 Å². The maximum Gasteiger partial charge on any atom is 0.317 e. The van der Waals surface area contributed by atoms with Crippen LogP contribution in [0.5, 0.6) is 0 Å². The number of likely N-dealkylation sites (tertiary alicyclic amines) is 1. The summed E-state index contributed by atoms with van der Waals surface area (Å²) >= 11 is 1.60. The van der Waals surface area contributed by atoms with Crippen molar-refractivity contribution < 1.29 is 9.32 Å². The maximum atomic E-state index is 11.8. The van der Waals surface area contributed by atoms with Gasteiger partial charge in [-0.25, -0.2) is 4.79 Å². The van der Waals surface area contributed by atoms with Crippen molar-refractivity contribution in [3.8, 4) is 10.7 Å². The monoisotopic (exact) mass is 333 g/mol. The number of amides is 2. The summed E-state index contributed by atoms with van der Waals surface area (Å²) in [6.45, 7) is 4.07. The highest BCUT2D eigenvalue weighted by Crippen LogP contribution is 2.23. The van der Waals surface area contributed by atoms with Crippen molar-refractivity contribution in [2.75, 3.05) is 26.2 Å². The first-order valence-corrected chi connectivity index (χ1v) is 8.81. The van der Waals surface area contributed by atoms with E-state index in [4.69, 9.17) is 4.52 Å². The lowest BCUT2D eigenvalue weighted by Crippen LogP contribution is -2.48. The molecule has 2 aromatic heterocycles. The number of piperidine rings is 1. The van der Waals surface area contributed by atoms with Gasteiger partial charge in [0.1, 0.15) is 0 Å². The van der Waals surface area contributed by atoms with Crippen molar-refractivity contribution in [1.82, 2.24) is 25.3 Å². The number of nitrogens with one attached hydrogen (secondary N) is 1. The molecule has 0 aromatic carbocycles. The Morgan fingerprint density at radius 1 is 1.43 bits per heavy atom. The first kappa shape index (κ1) is 14.6. The van der Waals surface area contributed by atoms with Crippen LogP contribution in [-0.4, -0.2) is 58.2 Å². The molecule has 122 valence electrons. The summed E-state index contributed by atoms with van der Waals surface area (Å²) in [6, 6.07) is 4.31. The van der Waals surface area contributed by atoms with E-state index >= 15 is 0 Å². The highest BCUT2D eigenvalue weighted by Gasteiger charge is 2.31. The van der Waals surface area contributed by atoms with Gasteiger partial charge in [0.15, 0.2) is 0 Å². The molecule has 4 rings (SSSR count). The van der Waals surface area contributed by atoms with E-state index in [9.17, 15) is 4.79 Å². The van der Waals surface area contributed by atoms with Crippen LogP contribution in [-0.2, 0) is 6.54 Å². The third kappa shape index (κ3) is 3.09. The smallest absolute Gasteiger partial charge is 0.317 e. The first-order chi connectivity index (χ1) is 11.3. The number of nitrogens with zero attached hydrogens (tertiary/aromatic N) is 4. The SMILES string of the molecule is O=C1NCCN1[C@H]1CCCN(Cc2nc(-c3cccs3)no2)C1. The molecule has 2 aromatic rings. The van der Waals surface area contributed by atoms with Crippen molar-refractivity contribution in [3.05, 3.63) is 23.4 Å². The Bertz CT molecular complexity index is 671. The van der Waals surface area contributed by atoms with Gasteiger partial charge in [-0.3, -0.25) is 4.90 Å². The van der Waals surface area contributed by atoms with Gasteiger partial charge in [0.2, 0.25) is 11.7 Å². The van der Waals surface area contributed by atoms with E-state index in [1.807, 2.05) is 22.4 Å². The fourth-order valence-electron chi connectivity index (χ4n) is 3.28. The molecule has 1 atom stereocenters. The number of thiophene rings is 1. The summed E-state index contributed by atoms with van der Waals surface area (Å²) in [5.74, 6) is 1.29. The molecule has 2 fully saturated rings. The lowest BCUT2D eigenvalue weighted by atomic mass is 10.0. The third-order valence-corrected chi connectivity index (χ3v) is 5.25. The highest BCUT2D eigenvalue weighted by molar-refractivity contribution is 7.13. The van der Waals surface area contributed by atoms with E-state index in [2.05, 4.69) is 20.4 Å². The van der Waals surface area contributed by atoms with Gasteiger partial charge >= 0.3 is 6.03 Å². The van der Waals surface area contributed by atoms with Crippen molar-refractivity contribution in [2.24, 2.45) is 0 Å². The number of hydrogen-bond donors (Lipinski definition) is 1. The molecule has 2 saturated heterocycles. The van der Waals surface area contributed by atoms with Crippen LogP contribution in [0.4, 0.5) is 4.79 Å². The zero-order chi connectivity index (χ0) is 15.6. The second kappa shape index (κ2) is 6.29. The molecular formula is C15H19N5O2S. The van der Waals surface area contributed by atoms with Crippen molar-refractivity contribution in [2.45, 2.75) is 25.4 Å². The second-order valence-electron chi connectivity index (χ2n) is 5.95. The molecule has 0 bridgehead atoms. The summed E-state index contributed by atoms with van der Waals surface area (Å²) in [5.41, 5.74) is 0. The number of hydrogen-bond acceptors (Lipinski definition) is 6. The number of rotatable bonds is 4. The largest absolute Gasteiger partial charge is 0.338 e. The minimum absolute atomic E-state index is 0.0645. The Hall–Kier alpha value is -1.93. The molecule has 7 nitrogen and oxygen atoms in total. The average Bonchev–Trinajstić information content (AvgIpc) is 3.28. The summed E-state index contributed by atoms with van der Waals surface area (Å²) < 4.78 is 5.38. The maximum absolute atomic E-state index is 11.8. The summed E-state index contributed by atoms with van der Waals surface area (Å²) in [4.78, 5) is 21.6. The van der Waals surface area contributed by atoms with Gasteiger partial charge in [0.25, 0.3) is 0 Å². The van der Waals surface area contributed by atoms with Gasteiger partial charge in [0, 0.05) is 25.7 Å². The molecule has 8 heteroatoms. The van der Waals surface area contributed by atoms with Crippen molar-refractivity contribution >= 4 is 17.4 Å². The van der Waals surface area contributed by atoms with Gasteiger partial charge < -0.3 is 14.7 Å². The molecular weight excluding hydrogens is 314 g/mol. The van der Waals surface area contributed by atoms with E-state index in [0.717, 1.165) is 43.9 Å². The van der Waals surface area contributed by atoms with Crippen molar-refractivity contribution in [1.29, 1.82) is 0 Å². The van der Waals surface area contributed by atoms with Gasteiger partial charge in [-0.05, 0) is 30.8 Å². The Morgan fingerprint density at radius 3 is 3.17 bits per heavy atom. The minimum atomic E-state index is 0.0645. The standard InChI is InChI=1S/C15H19N5O2S/c21-15-16-5-7-20(15)11-3-1-6-19(9-11)10-13-17-14(18-22-13)12-4-2-8-23-12/h2,4,8,11H,1,3,5-7,9-10H2,(H,16,21)/t11-/m0/s1. The zero-order valence-electron chi connectivity index (χ0n) is 12.8. The highest BCUT2D eigenvalue weighted by atomic mass is 32.1. The zero-order valence-corrected chi connectivity index (χ0v) is 13.6. The minimum Gasteiger partial charge on any atom is -0.338 e. The predicted octanol–water partition coefficient (Wildman–Crippen LogP) is 1.79. The number of carbonyl (C=O) groups is 1. The van der Waals surface area contributed by atoms with Gasteiger partial charge in [-0.15, -0.1) is 11.3 Å². The summed E-state index contributed by atoms with van der Waals surface area (Å²) in [7, 11) is 0. The number of carbonyl (C=O) groups excluding carboxylic acids is 1. The third-order valence-electron chi connectivity index (χ3n) is 4.38. The topological polar surface area (TPSA) is 74.5 Å². The molecule has 23 heavy (non-hydrogen) atoms. The number of urea groups is 1. The molecule has 2 amide bonds. The van der Waals surface area contributed by atoms with Crippen molar-refractivity contribution in [3.63, 3.8) is 0 Å². The second-order valence-corrected chi connectivity index (χ2v) is 6.89. The number of aromatic nitrogens is 2. The molecule has 0 spiro atoms. The summed E-state index contributed by atoms with van der Waals surface area (Å²) in [5, 5.41) is 8.94. The fraction of sp³-hybridized carbons (Fsp3) is 0.533. The van der Waals surface area contributed by atoms with Crippen LogP contribution in [0.15, 0.2) is 22.0 Å². The van der Waals surface area contributed by atoms with Crippen LogP contribution in [0.1, 0.15) is 18.7 Å². The normalized spacial score (nSPS) is 22.5. The quantitative estimate of drug-likeness (QED) is 0.923. The summed E-state index contributed by atoms with van der Waals surface area (Å²) in [6.07, 6.45) is 2.15. The van der Waals surface area contributed by atoms with Gasteiger partial charge in [-0.1, -0.05) is 11.2 Å². The fourth-order valence-corrected chi connectivity index (χ4v) is 3.93. The van der Waals surface area contributed by atoms with Crippen LogP contribution in [0.25, 0.3) is 10.7 Å². The van der Waals surface area contributed by atoms with Crippen LogP contribution in [0.2, 0.25) is 0 Å². The molecule has 0 aliphatic carbocycles. The Morgan fingerprint density at radius 2 is 2.39 bits per heavy atom. The van der Waals surface area contributed by atoms with Gasteiger partial charge in [-0.2, -0.15) is 4.98 Å². The van der Waals surface area contributed by atoms with E-state index in [1.54, 1.807) is 11.3 Å². The van der Waals surface area contributed by atoms with E-state index < -0.39 is 0 Å². The van der Waals surface area contributed by atoms with Crippen LogP contribution in [0.3, 0.4) is 0 Å². The van der Waals surface area contributed by atoms with Crippen LogP contribution < -0.4 is 5.32 Å². The van der Waals surface area contributed by atoms with Gasteiger partial charge in [0.05, 0.1) is 11.4 Å². The predicted molar refractivity (Wildman–Crippen MR) is 86.0 cm³/mol. The molecule has 4 heterocycles. The van der Waals surface area contributed by atoms with E-state index in [-0.39, 0.29) is 12.1 Å². The lowest BCUT2D eigenvalue weighted by Gasteiger charge is -2.36. The lowest BCUT2D eigenvalue weighted by molar-refractivity contribution is 0.113. The Kier molecular flexibility index (Phi) is 4.00. The van der Waals surface area contributed by atoms with Crippen LogP contribution >= 0.6 is 11.3 Å². The molecule has 2 aliphatic rings.